The average molecular weight is 682 g/mol. The lowest BCUT2D eigenvalue weighted by Crippen LogP contribution is -2.01. The Hall–Kier alpha value is -6.69. The maximum absolute atomic E-state index is 6.65. The normalized spacial score (nSPS) is 11.8. The predicted octanol–water partition coefficient (Wildman–Crippen LogP) is 13.1. The number of benzene rings is 8. The van der Waals surface area contributed by atoms with E-state index in [0.717, 1.165) is 60.4 Å². The molecule has 0 amide bonds. The predicted molar refractivity (Wildman–Crippen MR) is 217 cm³/mol. The first-order valence-electron chi connectivity index (χ1n) is 17.4. The Morgan fingerprint density at radius 1 is 0.404 bits per heavy atom. The van der Waals surface area contributed by atoms with E-state index in [1.807, 2.05) is 12.1 Å². The molecule has 8 aromatic carbocycles. The van der Waals surface area contributed by atoms with Crippen molar-refractivity contribution in [3.05, 3.63) is 164 Å². The van der Waals surface area contributed by atoms with Crippen molar-refractivity contribution >= 4 is 75.0 Å². The van der Waals surface area contributed by atoms with Crippen molar-refractivity contribution in [2.45, 2.75) is 0 Å². The minimum Gasteiger partial charge on any atom is -0.455 e. The second kappa shape index (κ2) is 11.4. The van der Waals surface area contributed by atoms with Crippen molar-refractivity contribution in [1.82, 2.24) is 15.0 Å². The molecule has 11 rings (SSSR count). The summed E-state index contributed by atoms with van der Waals surface area (Å²) in [5.74, 6) is 1.82. The highest BCUT2D eigenvalue weighted by molar-refractivity contribution is 7.25. The van der Waals surface area contributed by atoms with Gasteiger partial charge in [-0.15, -0.1) is 11.3 Å². The highest BCUT2D eigenvalue weighted by atomic mass is 32.1. The van der Waals surface area contributed by atoms with Gasteiger partial charge in [-0.1, -0.05) is 140 Å². The van der Waals surface area contributed by atoms with E-state index in [1.165, 1.54) is 31.1 Å². The quantitative estimate of drug-likeness (QED) is 0.185. The van der Waals surface area contributed by atoms with Crippen molar-refractivity contribution in [3.8, 4) is 45.3 Å². The summed E-state index contributed by atoms with van der Waals surface area (Å²) in [4.78, 5) is 15.8. The van der Waals surface area contributed by atoms with E-state index < -0.39 is 0 Å². The van der Waals surface area contributed by atoms with Gasteiger partial charge in [0.05, 0.1) is 5.56 Å². The molecule has 3 heterocycles. The van der Waals surface area contributed by atoms with Gasteiger partial charge in [-0.25, -0.2) is 15.0 Å². The molecule has 5 heteroatoms. The van der Waals surface area contributed by atoms with Gasteiger partial charge in [-0.2, -0.15) is 0 Å². The summed E-state index contributed by atoms with van der Waals surface area (Å²) in [6.45, 7) is 0. The number of furan rings is 1. The van der Waals surface area contributed by atoms with Gasteiger partial charge >= 0.3 is 0 Å². The molecule has 11 aromatic rings. The van der Waals surface area contributed by atoms with Crippen molar-refractivity contribution in [2.75, 3.05) is 0 Å². The zero-order chi connectivity index (χ0) is 34.2. The fourth-order valence-electron chi connectivity index (χ4n) is 7.72. The van der Waals surface area contributed by atoms with E-state index in [-0.39, 0.29) is 0 Å². The van der Waals surface area contributed by atoms with Gasteiger partial charge in [0, 0.05) is 42.1 Å². The smallest absolute Gasteiger partial charge is 0.168 e. The summed E-state index contributed by atoms with van der Waals surface area (Å²) in [5.41, 5.74) is 6.70. The number of para-hydroxylation sites is 1. The van der Waals surface area contributed by atoms with Gasteiger partial charge in [-0.05, 0) is 56.9 Å². The molecule has 4 nitrogen and oxygen atoms in total. The summed E-state index contributed by atoms with van der Waals surface area (Å²) in [6.07, 6.45) is 0. The minimum absolute atomic E-state index is 0.579. The van der Waals surface area contributed by atoms with Crippen molar-refractivity contribution in [1.29, 1.82) is 0 Å². The second-order valence-corrected chi connectivity index (χ2v) is 14.2. The molecule has 0 spiro atoms. The zero-order valence-corrected chi connectivity index (χ0v) is 28.6. The zero-order valence-electron chi connectivity index (χ0n) is 27.7. The van der Waals surface area contributed by atoms with Crippen molar-refractivity contribution in [3.63, 3.8) is 0 Å². The highest BCUT2D eigenvalue weighted by Gasteiger charge is 2.22. The van der Waals surface area contributed by atoms with Crippen LogP contribution in [0, 0.1) is 0 Å². The monoisotopic (exact) mass is 681 g/mol. The third-order valence-corrected chi connectivity index (χ3v) is 11.3. The Morgan fingerprint density at radius 3 is 1.90 bits per heavy atom. The van der Waals surface area contributed by atoms with Gasteiger partial charge in [0.2, 0.25) is 0 Å². The van der Waals surface area contributed by atoms with Crippen LogP contribution < -0.4 is 0 Å². The number of aromatic nitrogens is 3. The Kier molecular flexibility index (Phi) is 6.39. The maximum Gasteiger partial charge on any atom is 0.168 e. The second-order valence-electron chi connectivity index (χ2n) is 13.1. The van der Waals surface area contributed by atoms with E-state index in [4.69, 9.17) is 19.4 Å². The molecular formula is C47H27N3OS. The molecule has 0 N–H and O–H groups in total. The molecule has 0 saturated carbocycles. The van der Waals surface area contributed by atoms with E-state index >= 15 is 0 Å². The Bertz CT molecular complexity index is 3190. The number of thiophene rings is 1. The largest absolute Gasteiger partial charge is 0.455 e. The lowest BCUT2D eigenvalue weighted by Gasteiger charge is -2.12. The molecule has 0 aliphatic carbocycles. The summed E-state index contributed by atoms with van der Waals surface area (Å²) in [7, 11) is 0. The first-order chi connectivity index (χ1) is 25.8. The third-order valence-electron chi connectivity index (χ3n) is 10.1. The standard InChI is InChI=1S/C47H27N3OS/c1-3-14-32-28(11-1)13-9-18-33(32)29-23-25-30(26-24-29)45-48-46(37-19-10-22-41-42(37)36-17-6-8-21-40(36)52-41)50-47(49-45)43-34-15-4-2-12-31(34)27-38-35-16-5-7-20-39(35)51-44(38)43/h1-27H. The van der Waals surface area contributed by atoms with Crippen LogP contribution in [0.5, 0.6) is 0 Å². The molecule has 0 saturated heterocycles. The molecule has 0 aliphatic heterocycles. The van der Waals surface area contributed by atoms with E-state index in [0.29, 0.717) is 17.5 Å². The van der Waals surface area contributed by atoms with Crippen molar-refractivity contribution in [2.24, 2.45) is 0 Å². The molecule has 0 bridgehead atoms. The summed E-state index contributed by atoms with van der Waals surface area (Å²) >= 11 is 1.79. The molecule has 3 aromatic heterocycles. The molecule has 0 atom stereocenters. The van der Waals surface area contributed by atoms with Crippen LogP contribution in [0.1, 0.15) is 0 Å². The number of fused-ring (bicyclic) bond motifs is 8. The van der Waals surface area contributed by atoms with Gasteiger partial charge in [0.1, 0.15) is 11.2 Å². The summed E-state index contributed by atoms with van der Waals surface area (Å²) in [6, 6.07) is 57.4. The van der Waals surface area contributed by atoms with Crippen LogP contribution in [-0.4, -0.2) is 15.0 Å². The van der Waals surface area contributed by atoms with E-state index in [2.05, 4.69) is 152 Å². The Morgan fingerprint density at radius 2 is 1.02 bits per heavy atom. The first kappa shape index (κ1) is 29.1. The molecule has 0 unspecified atom stereocenters. The van der Waals surface area contributed by atoms with E-state index in [9.17, 15) is 0 Å². The average Bonchev–Trinajstić information content (AvgIpc) is 3.78. The van der Waals surface area contributed by atoms with Crippen LogP contribution in [0.15, 0.2) is 168 Å². The van der Waals surface area contributed by atoms with Gasteiger partial charge < -0.3 is 4.42 Å². The van der Waals surface area contributed by atoms with Gasteiger partial charge in [0.15, 0.2) is 17.5 Å². The fourth-order valence-corrected chi connectivity index (χ4v) is 8.85. The number of hydrogen-bond acceptors (Lipinski definition) is 5. The minimum atomic E-state index is 0.579. The lowest BCUT2D eigenvalue weighted by molar-refractivity contribution is 0.670. The number of nitrogens with zero attached hydrogens (tertiary/aromatic N) is 3. The van der Waals surface area contributed by atoms with Crippen LogP contribution in [0.25, 0.3) is 109 Å². The van der Waals surface area contributed by atoms with Crippen LogP contribution >= 0.6 is 11.3 Å². The fraction of sp³-hybridized carbons (Fsp3) is 0. The highest BCUT2D eigenvalue weighted by Crippen LogP contribution is 2.43. The molecule has 0 fully saturated rings. The van der Waals surface area contributed by atoms with Crippen LogP contribution in [0.4, 0.5) is 0 Å². The molecule has 0 aliphatic rings. The molecule has 0 radical (unpaired) electrons. The summed E-state index contributed by atoms with van der Waals surface area (Å²) in [5, 5.41) is 9.04. The van der Waals surface area contributed by atoms with Crippen LogP contribution in [-0.2, 0) is 0 Å². The Labute approximate surface area is 302 Å². The van der Waals surface area contributed by atoms with Gasteiger partial charge in [-0.3, -0.25) is 0 Å². The lowest BCUT2D eigenvalue weighted by atomic mass is 9.97. The maximum atomic E-state index is 6.65. The SMILES string of the molecule is c1ccc2c(-c3ccc(-c4nc(-c5c6ccccc6cc6c5oc5ccccc56)nc(-c5cccc6sc7ccccc7c56)n4)cc3)cccc2c1. The van der Waals surface area contributed by atoms with Crippen molar-refractivity contribution < 1.29 is 4.42 Å². The third kappa shape index (κ3) is 4.50. The Balaban J connectivity index is 1.18. The van der Waals surface area contributed by atoms with Gasteiger partial charge in [0.25, 0.3) is 0 Å². The summed E-state index contributed by atoms with van der Waals surface area (Å²) < 4.78 is 9.09. The first-order valence-corrected chi connectivity index (χ1v) is 18.2. The molecular weight excluding hydrogens is 655 g/mol. The topological polar surface area (TPSA) is 51.8 Å². The van der Waals surface area contributed by atoms with E-state index in [1.54, 1.807) is 11.3 Å². The molecule has 52 heavy (non-hydrogen) atoms. The molecule has 242 valence electrons. The number of hydrogen-bond donors (Lipinski definition) is 0. The van der Waals surface area contributed by atoms with Crippen LogP contribution in [0.3, 0.4) is 0 Å². The van der Waals surface area contributed by atoms with Crippen LogP contribution in [0.2, 0.25) is 0 Å². The number of rotatable bonds is 4.